The van der Waals surface area contributed by atoms with Crippen LogP contribution in [0.4, 0.5) is 11.4 Å². The minimum atomic E-state index is -3.61. The first-order chi connectivity index (χ1) is 13.6. The van der Waals surface area contributed by atoms with E-state index in [0.717, 1.165) is 17.4 Å². The molecule has 0 fully saturated rings. The maximum Gasteiger partial charge on any atom is 0.337 e. The van der Waals surface area contributed by atoms with Crippen LogP contribution in [-0.2, 0) is 19.6 Å². The fourth-order valence-corrected chi connectivity index (χ4v) is 3.93. The third kappa shape index (κ3) is 4.34. The molecular weight excluding hydrogens is 396 g/mol. The van der Waals surface area contributed by atoms with E-state index in [1.54, 1.807) is 37.3 Å². The number of ether oxygens (including phenoxy) is 2. The molecule has 0 spiro atoms. The number of carbonyl (C=O) groups is 2. The Hall–Kier alpha value is -3.07. The summed E-state index contributed by atoms with van der Waals surface area (Å²) in [6.07, 6.45) is 0.0322. The summed E-state index contributed by atoms with van der Waals surface area (Å²) >= 11 is 0. The van der Waals surface area contributed by atoms with Gasteiger partial charge in [0.05, 0.1) is 31.2 Å². The van der Waals surface area contributed by atoms with Gasteiger partial charge in [0.15, 0.2) is 6.10 Å². The zero-order valence-electron chi connectivity index (χ0n) is 16.6. The number of rotatable bonds is 4. The molecule has 2 aromatic carbocycles. The van der Waals surface area contributed by atoms with E-state index < -0.39 is 28.0 Å². The van der Waals surface area contributed by atoms with Crippen LogP contribution in [0.5, 0.6) is 5.75 Å². The zero-order chi connectivity index (χ0) is 21.3. The number of nitrogens with one attached hydrogen (secondary N) is 1. The Balaban J connectivity index is 1.89. The Labute approximate surface area is 169 Å². The maximum absolute atomic E-state index is 12.8. The van der Waals surface area contributed by atoms with Crippen molar-refractivity contribution in [1.29, 1.82) is 0 Å². The number of amides is 1. The molecule has 0 saturated carbocycles. The molecule has 1 amide bonds. The molecule has 1 heterocycles. The van der Waals surface area contributed by atoms with Crippen molar-refractivity contribution < 1.29 is 27.5 Å². The van der Waals surface area contributed by atoms with Crippen molar-refractivity contribution >= 4 is 33.3 Å². The van der Waals surface area contributed by atoms with Gasteiger partial charge in [-0.15, -0.1) is 0 Å². The Kier molecular flexibility index (Phi) is 5.52. The number of esters is 1. The van der Waals surface area contributed by atoms with Gasteiger partial charge in [-0.25, -0.2) is 13.2 Å². The van der Waals surface area contributed by atoms with E-state index in [1.807, 2.05) is 6.92 Å². The number of sulfonamides is 1. The van der Waals surface area contributed by atoms with E-state index in [4.69, 9.17) is 9.47 Å². The van der Waals surface area contributed by atoms with Crippen molar-refractivity contribution in [2.45, 2.75) is 20.0 Å². The predicted octanol–water partition coefficient (Wildman–Crippen LogP) is 2.26. The molecule has 0 radical (unpaired) electrons. The molecule has 3 rings (SSSR count). The van der Waals surface area contributed by atoms with Crippen molar-refractivity contribution in [1.82, 2.24) is 0 Å². The maximum atomic E-state index is 12.8. The topological polar surface area (TPSA) is 102 Å². The minimum Gasteiger partial charge on any atom is -0.476 e. The Morgan fingerprint density at radius 1 is 1.17 bits per heavy atom. The highest BCUT2D eigenvalue weighted by atomic mass is 32.2. The second-order valence-corrected chi connectivity index (χ2v) is 8.79. The van der Waals surface area contributed by atoms with Gasteiger partial charge >= 0.3 is 5.97 Å². The lowest BCUT2D eigenvalue weighted by atomic mass is 10.1. The number of carbonyl (C=O) groups excluding carboxylic acids is 2. The SMILES string of the molecule is COC(=O)c1ccc(C)c(NC(=O)[C@@H]2CN(S(C)(=O)=O)c3cc(C)ccc3O2)c1. The fourth-order valence-electron chi connectivity index (χ4n) is 3.03. The number of hydrogen-bond acceptors (Lipinski definition) is 6. The zero-order valence-corrected chi connectivity index (χ0v) is 17.4. The highest BCUT2D eigenvalue weighted by Crippen LogP contribution is 2.36. The molecule has 0 bridgehead atoms. The number of anilines is 2. The standard InChI is InChI=1S/C20H22N2O6S/c1-12-5-8-17-16(9-12)22(29(4,25)26)11-18(28-17)19(23)21-15-10-14(20(24)27-3)7-6-13(15)2/h5-10,18H,11H2,1-4H3,(H,21,23)/t18-/m0/s1. The summed E-state index contributed by atoms with van der Waals surface area (Å²) in [7, 11) is -2.34. The minimum absolute atomic E-state index is 0.156. The Morgan fingerprint density at radius 2 is 1.90 bits per heavy atom. The van der Waals surface area contributed by atoms with Crippen LogP contribution in [0.2, 0.25) is 0 Å². The second-order valence-electron chi connectivity index (χ2n) is 6.88. The van der Waals surface area contributed by atoms with Crippen LogP contribution in [0.15, 0.2) is 36.4 Å². The van der Waals surface area contributed by atoms with Crippen molar-refractivity contribution in [2.75, 3.05) is 29.5 Å². The van der Waals surface area contributed by atoms with Crippen LogP contribution in [0.3, 0.4) is 0 Å². The van der Waals surface area contributed by atoms with Crippen LogP contribution < -0.4 is 14.4 Å². The molecule has 1 N–H and O–H groups in total. The van der Waals surface area contributed by atoms with Crippen LogP contribution >= 0.6 is 0 Å². The smallest absolute Gasteiger partial charge is 0.337 e. The van der Waals surface area contributed by atoms with E-state index in [1.165, 1.54) is 17.5 Å². The summed E-state index contributed by atoms with van der Waals surface area (Å²) in [4.78, 5) is 24.6. The number of benzene rings is 2. The summed E-state index contributed by atoms with van der Waals surface area (Å²) in [6, 6.07) is 9.92. The first-order valence-electron chi connectivity index (χ1n) is 8.85. The lowest BCUT2D eigenvalue weighted by molar-refractivity contribution is -0.122. The van der Waals surface area contributed by atoms with E-state index >= 15 is 0 Å². The van der Waals surface area contributed by atoms with Gasteiger partial charge in [-0.1, -0.05) is 12.1 Å². The van der Waals surface area contributed by atoms with Gasteiger partial charge in [0.25, 0.3) is 5.91 Å². The van der Waals surface area contributed by atoms with Crippen LogP contribution in [0, 0.1) is 13.8 Å². The molecule has 0 aromatic heterocycles. The van der Waals surface area contributed by atoms with Crippen LogP contribution in [-0.4, -0.2) is 46.3 Å². The van der Waals surface area contributed by atoms with Gasteiger partial charge < -0.3 is 14.8 Å². The molecule has 2 aromatic rings. The summed E-state index contributed by atoms with van der Waals surface area (Å²) in [5, 5.41) is 2.72. The van der Waals surface area contributed by atoms with E-state index in [0.29, 0.717) is 17.1 Å². The first kappa shape index (κ1) is 20.7. The highest BCUT2D eigenvalue weighted by molar-refractivity contribution is 7.92. The molecule has 1 aliphatic rings. The van der Waals surface area contributed by atoms with Crippen LogP contribution in [0.25, 0.3) is 0 Å². The van der Waals surface area contributed by atoms with Crippen molar-refractivity contribution in [2.24, 2.45) is 0 Å². The molecule has 1 atom stereocenters. The number of nitrogens with zero attached hydrogens (tertiary/aromatic N) is 1. The monoisotopic (exact) mass is 418 g/mol. The first-order valence-corrected chi connectivity index (χ1v) is 10.7. The lowest BCUT2D eigenvalue weighted by Crippen LogP contribution is -2.48. The van der Waals surface area contributed by atoms with Gasteiger partial charge in [-0.05, 0) is 49.2 Å². The molecule has 0 aliphatic carbocycles. The van der Waals surface area contributed by atoms with Gasteiger partial charge in [0, 0.05) is 5.69 Å². The van der Waals surface area contributed by atoms with Crippen molar-refractivity contribution in [3.05, 3.63) is 53.1 Å². The lowest BCUT2D eigenvalue weighted by Gasteiger charge is -2.34. The summed E-state index contributed by atoms with van der Waals surface area (Å²) in [6.45, 7) is 3.47. The average molecular weight is 418 g/mol. The molecule has 0 unspecified atom stereocenters. The van der Waals surface area contributed by atoms with E-state index in [2.05, 4.69) is 5.32 Å². The number of fused-ring (bicyclic) bond motifs is 1. The molecule has 29 heavy (non-hydrogen) atoms. The van der Waals surface area contributed by atoms with Gasteiger partial charge in [-0.3, -0.25) is 9.10 Å². The third-order valence-electron chi connectivity index (χ3n) is 4.59. The third-order valence-corrected chi connectivity index (χ3v) is 5.74. The largest absolute Gasteiger partial charge is 0.476 e. The molecule has 0 saturated heterocycles. The normalized spacial score (nSPS) is 15.9. The molecule has 8 nitrogen and oxygen atoms in total. The quantitative estimate of drug-likeness (QED) is 0.764. The highest BCUT2D eigenvalue weighted by Gasteiger charge is 2.35. The Bertz CT molecular complexity index is 1080. The fraction of sp³-hybridized carbons (Fsp3) is 0.300. The average Bonchev–Trinajstić information content (AvgIpc) is 2.67. The van der Waals surface area contributed by atoms with Crippen LogP contribution in [0.1, 0.15) is 21.5 Å². The number of methoxy groups -OCH3 is 1. The predicted molar refractivity (Wildman–Crippen MR) is 109 cm³/mol. The molecule has 154 valence electrons. The molecule has 1 aliphatic heterocycles. The number of hydrogen-bond donors (Lipinski definition) is 1. The Morgan fingerprint density at radius 3 is 2.55 bits per heavy atom. The van der Waals surface area contributed by atoms with Gasteiger partial charge in [-0.2, -0.15) is 0 Å². The molecule has 9 heteroatoms. The summed E-state index contributed by atoms with van der Waals surface area (Å²) in [5.74, 6) is -0.732. The van der Waals surface area contributed by atoms with Gasteiger partial charge in [0.2, 0.25) is 10.0 Å². The summed E-state index contributed by atoms with van der Waals surface area (Å²) in [5.41, 5.74) is 2.72. The summed E-state index contributed by atoms with van der Waals surface area (Å²) < 4.78 is 36.2. The molecular formula is C20H22N2O6S. The van der Waals surface area contributed by atoms with Gasteiger partial charge in [0.1, 0.15) is 5.75 Å². The number of aryl methyl sites for hydroxylation is 2. The second kappa shape index (κ2) is 7.75. The van der Waals surface area contributed by atoms with E-state index in [-0.39, 0.29) is 12.1 Å². The van der Waals surface area contributed by atoms with Crippen molar-refractivity contribution in [3.8, 4) is 5.75 Å². The van der Waals surface area contributed by atoms with Crippen molar-refractivity contribution in [3.63, 3.8) is 0 Å². The van der Waals surface area contributed by atoms with E-state index in [9.17, 15) is 18.0 Å².